The maximum Gasteiger partial charge on any atom is 0.224 e. The average Bonchev–Trinajstić information content (AvgIpc) is 2.96. The van der Waals surface area contributed by atoms with Gasteiger partial charge in [-0.2, -0.15) is 0 Å². The van der Waals surface area contributed by atoms with Crippen LogP contribution in [0.2, 0.25) is 0 Å². The third kappa shape index (κ3) is 4.52. The van der Waals surface area contributed by atoms with Crippen LogP contribution >= 0.6 is 0 Å². The van der Waals surface area contributed by atoms with E-state index < -0.39 is 0 Å². The number of carbonyl (C=O) groups excluding carboxylic acids is 1. The Balaban J connectivity index is 1.65. The minimum absolute atomic E-state index is 0.0192. The van der Waals surface area contributed by atoms with Crippen LogP contribution in [0.4, 0.5) is 0 Å². The van der Waals surface area contributed by atoms with E-state index in [9.17, 15) is 4.79 Å². The van der Waals surface area contributed by atoms with Gasteiger partial charge in [-0.05, 0) is 51.3 Å². The van der Waals surface area contributed by atoms with Crippen molar-refractivity contribution in [2.75, 3.05) is 19.6 Å². The first-order valence-corrected chi connectivity index (χ1v) is 9.52. The summed E-state index contributed by atoms with van der Waals surface area (Å²) in [6, 6.07) is 10.7. The zero-order valence-corrected chi connectivity index (χ0v) is 16.0. The summed E-state index contributed by atoms with van der Waals surface area (Å²) in [5.74, 6) is 1.53. The normalized spacial score (nSPS) is 17.2. The molecule has 0 bridgehead atoms. The Morgan fingerprint density at radius 1 is 1.27 bits per heavy atom. The fourth-order valence-electron chi connectivity index (χ4n) is 3.66. The summed E-state index contributed by atoms with van der Waals surface area (Å²) in [4.78, 5) is 15.0. The van der Waals surface area contributed by atoms with Crippen LogP contribution < -0.4 is 5.32 Å². The average molecular weight is 355 g/mol. The SMILES string of the molecule is Cc1noc(C)c1CC(=O)NCC(c1ccccc1)N1CCC(C)CC1. The third-order valence-corrected chi connectivity index (χ3v) is 5.45. The Morgan fingerprint density at radius 3 is 2.58 bits per heavy atom. The molecule has 1 aromatic carbocycles. The lowest BCUT2D eigenvalue weighted by molar-refractivity contribution is -0.120. The summed E-state index contributed by atoms with van der Waals surface area (Å²) in [5, 5.41) is 7.06. The zero-order valence-electron chi connectivity index (χ0n) is 16.0. The lowest BCUT2D eigenvalue weighted by Crippen LogP contribution is -2.42. The molecular weight excluding hydrogens is 326 g/mol. The van der Waals surface area contributed by atoms with Crippen molar-refractivity contribution in [3.05, 3.63) is 52.9 Å². The van der Waals surface area contributed by atoms with E-state index in [1.807, 2.05) is 19.9 Å². The largest absolute Gasteiger partial charge is 0.361 e. The Bertz CT molecular complexity index is 699. The fraction of sp³-hybridized carbons (Fsp3) is 0.524. The molecule has 5 heteroatoms. The molecule has 3 rings (SSSR count). The molecule has 1 aliphatic heterocycles. The predicted molar refractivity (Wildman–Crippen MR) is 102 cm³/mol. The number of hydrogen-bond donors (Lipinski definition) is 1. The third-order valence-electron chi connectivity index (χ3n) is 5.45. The summed E-state index contributed by atoms with van der Waals surface area (Å²) in [7, 11) is 0. The van der Waals surface area contributed by atoms with Gasteiger partial charge < -0.3 is 9.84 Å². The number of nitrogens with one attached hydrogen (secondary N) is 1. The van der Waals surface area contributed by atoms with E-state index in [1.165, 1.54) is 18.4 Å². The molecule has 1 fully saturated rings. The predicted octanol–water partition coefficient (Wildman–Crippen LogP) is 3.42. The molecule has 0 saturated carbocycles. The molecule has 1 aliphatic rings. The maximum absolute atomic E-state index is 12.5. The first-order valence-electron chi connectivity index (χ1n) is 9.52. The van der Waals surface area contributed by atoms with Gasteiger partial charge >= 0.3 is 0 Å². The van der Waals surface area contributed by atoms with Crippen LogP contribution in [-0.4, -0.2) is 35.6 Å². The molecule has 1 aromatic heterocycles. The van der Waals surface area contributed by atoms with Gasteiger partial charge in [0.1, 0.15) is 5.76 Å². The van der Waals surface area contributed by atoms with Crippen molar-refractivity contribution in [1.82, 2.24) is 15.4 Å². The van der Waals surface area contributed by atoms with Crippen molar-refractivity contribution in [1.29, 1.82) is 0 Å². The number of rotatable bonds is 6. The van der Waals surface area contributed by atoms with Crippen LogP contribution in [0.3, 0.4) is 0 Å². The maximum atomic E-state index is 12.5. The lowest BCUT2D eigenvalue weighted by atomic mass is 9.95. The van der Waals surface area contributed by atoms with Crippen molar-refractivity contribution in [2.24, 2.45) is 5.92 Å². The molecular formula is C21H29N3O2. The van der Waals surface area contributed by atoms with Crippen LogP contribution in [0.5, 0.6) is 0 Å². The second-order valence-corrected chi connectivity index (χ2v) is 7.43. The molecule has 0 radical (unpaired) electrons. The van der Waals surface area contributed by atoms with E-state index >= 15 is 0 Å². The molecule has 1 unspecified atom stereocenters. The van der Waals surface area contributed by atoms with E-state index in [0.717, 1.165) is 36.0 Å². The van der Waals surface area contributed by atoms with Crippen LogP contribution in [-0.2, 0) is 11.2 Å². The highest BCUT2D eigenvalue weighted by Gasteiger charge is 2.25. The van der Waals surface area contributed by atoms with E-state index in [1.54, 1.807) is 0 Å². The fourth-order valence-corrected chi connectivity index (χ4v) is 3.66. The number of aryl methyl sites for hydroxylation is 2. The number of hydrogen-bond acceptors (Lipinski definition) is 4. The zero-order chi connectivity index (χ0) is 18.5. The highest BCUT2D eigenvalue weighted by molar-refractivity contribution is 5.79. The van der Waals surface area contributed by atoms with Gasteiger partial charge in [0.25, 0.3) is 0 Å². The Kier molecular flexibility index (Phi) is 6.09. The lowest BCUT2D eigenvalue weighted by Gasteiger charge is -2.37. The van der Waals surface area contributed by atoms with Crippen molar-refractivity contribution in [3.63, 3.8) is 0 Å². The smallest absolute Gasteiger partial charge is 0.224 e. The second-order valence-electron chi connectivity index (χ2n) is 7.43. The molecule has 140 valence electrons. The number of nitrogens with zero attached hydrogens (tertiary/aromatic N) is 2. The molecule has 1 atom stereocenters. The summed E-state index contributed by atoms with van der Waals surface area (Å²) in [5.41, 5.74) is 2.95. The van der Waals surface area contributed by atoms with E-state index in [4.69, 9.17) is 4.52 Å². The number of benzene rings is 1. The second kappa shape index (κ2) is 8.49. The highest BCUT2D eigenvalue weighted by Crippen LogP contribution is 2.26. The monoisotopic (exact) mass is 355 g/mol. The van der Waals surface area contributed by atoms with Gasteiger partial charge in [0.05, 0.1) is 18.2 Å². The van der Waals surface area contributed by atoms with E-state index in [-0.39, 0.29) is 11.9 Å². The highest BCUT2D eigenvalue weighted by atomic mass is 16.5. The van der Waals surface area contributed by atoms with Gasteiger partial charge in [-0.3, -0.25) is 9.69 Å². The van der Waals surface area contributed by atoms with Gasteiger partial charge in [-0.15, -0.1) is 0 Å². The van der Waals surface area contributed by atoms with Gasteiger partial charge in [-0.25, -0.2) is 0 Å². The standard InChI is InChI=1S/C21H29N3O2/c1-15-9-11-24(12-10-15)20(18-7-5-4-6-8-18)14-22-21(25)13-19-16(2)23-26-17(19)3/h4-8,15,20H,9-14H2,1-3H3,(H,22,25). The summed E-state index contributed by atoms with van der Waals surface area (Å²) < 4.78 is 5.16. The molecule has 2 heterocycles. The van der Waals surface area contributed by atoms with Crippen molar-refractivity contribution >= 4 is 5.91 Å². The summed E-state index contributed by atoms with van der Waals surface area (Å²) in [6.45, 7) is 8.84. The number of amides is 1. The first kappa shape index (κ1) is 18.6. The van der Waals surface area contributed by atoms with E-state index in [0.29, 0.717) is 13.0 Å². The summed E-state index contributed by atoms with van der Waals surface area (Å²) >= 11 is 0. The van der Waals surface area contributed by atoms with Crippen LogP contribution in [0.25, 0.3) is 0 Å². The Hall–Kier alpha value is -2.14. The molecule has 1 N–H and O–H groups in total. The molecule has 26 heavy (non-hydrogen) atoms. The van der Waals surface area contributed by atoms with Crippen LogP contribution in [0.1, 0.15) is 48.4 Å². The molecule has 2 aromatic rings. The molecule has 0 spiro atoms. The van der Waals surface area contributed by atoms with Gasteiger partial charge in [-0.1, -0.05) is 42.4 Å². The van der Waals surface area contributed by atoms with Crippen LogP contribution in [0, 0.1) is 19.8 Å². The van der Waals surface area contributed by atoms with Gasteiger partial charge in [0, 0.05) is 12.1 Å². The minimum atomic E-state index is 0.0192. The van der Waals surface area contributed by atoms with Gasteiger partial charge in [0.15, 0.2) is 0 Å². The molecule has 0 aliphatic carbocycles. The van der Waals surface area contributed by atoms with Crippen LogP contribution in [0.15, 0.2) is 34.9 Å². The number of likely N-dealkylation sites (tertiary alicyclic amines) is 1. The number of aromatic nitrogens is 1. The Labute approximate surface area is 155 Å². The topological polar surface area (TPSA) is 58.4 Å². The summed E-state index contributed by atoms with van der Waals surface area (Å²) in [6.07, 6.45) is 2.76. The van der Waals surface area contributed by atoms with Crippen molar-refractivity contribution in [2.45, 2.75) is 46.1 Å². The van der Waals surface area contributed by atoms with Crippen molar-refractivity contribution in [3.8, 4) is 0 Å². The first-order chi connectivity index (χ1) is 12.5. The van der Waals surface area contributed by atoms with Gasteiger partial charge in [0.2, 0.25) is 5.91 Å². The Morgan fingerprint density at radius 2 is 1.96 bits per heavy atom. The number of piperidine rings is 1. The molecule has 5 nitrogen and oxygen atoms in total. The van der Waals surface area contributed by atoms with Crippen molar-refractivity contribution < 1.29 is 9.32 Å². The molecule has 1 saturated heterocycles. The molecule has 1 amide bonds. The minimum Gasteiger partial charge on any atom is -0.361 e. The number of carbonyl (C=O) groups is 1. The quantitative estimate of drug-likeness (QED) is 0.862. The van der Waals surface area contributed by atoms with E-state index in [2.05, 4.69) is 46.6 Å².